The molecule has 1 unspecified atom stereocenters. The molecule has 1 heterocycles. The summed E-state index contributed by atoms with van der Waals surface area (Å²) in [7, 11) is 0. The second kappa shape index (κ2) is 7.41. The van der Waals surface area contributed by atoms with E-state index in [2.05, 4.69) is 19.2 Å². The van der Waals surface area contributed by atoms with Crippen LogP contribution in [0.1, 0.15) is 66.2 Å². The molecule has 3 N–H and O–H groups in total. The van der Waals surface area contributed by atoms with Crippen molar-refractivity contribution in [1.82, 2.24) is 5.32 Å². The number of hydrogen-bond donors (Lipinski definition) is 2. The number of amides is 1. The highest BCUT2D eigenvalue weighted by Gasteiger charge is 2.38. The molecule has 0 spiro atoms. The zero-order valence-corrected chi connectivity index (χ0v) is 13.6. The van der Waals surface area contributed by atoms with E-state index in [1.54, 1.807) is 0 Å². The van der Waals surface area contributed by atoms with Gasteiger partial charge in [-0.1, -0.05) is 27.7 Å². The Balaban J connectivity index is 2.70. The molecular formula is C16H32N2O2. The fourth-order valence-electron chi connectivity index (χ4n) is 3.18. The molecule has 0 aromatic heterocycles. The number of carbonyl (C=O) groups is 1. The lowest BCUT2D eigenvalue weighted by atomic mass is 9.80. The number of carbonyl (C=O) groups excluding carboxylic acids is 1. The lowest BCUT2D eigenvalue weighted by molar-refractivity contribution is -0.135. The van der Waals surface area contributed by atoms with Gasteiger partial charge in [0.1, 0.15) is 0 Å². The van der Waals surface area contributed by atoms with E-state index < -0.39 is 5.41 Å². The van der Waals surface area contributed by atoms with Crippen LogP contribution in [0.4, 0.5) is 0 Å². The van der Waals surface area contributed by atoms with Crippen molar-refractivity contribution in [3.05, 3.63) is 0 Å². The van der Waals surface area contributed by atoms with Gasteiger partial charge < -0.3 is 15.8 Å². The third kappa shape index (κ3) is 3.53. The summed E-state index contributed by atoms with van der Waals surface area (Å²) < 4.78 is 5.96. The first-order chi connectivity index (χ1) is 9.51. The molecule has 1 saturated heterocycles. The zero-order chi connectivity index (χ0) is 15.2. The second-order valence-corrected chi connectivity index (χ2v) is 6.09. The van der Waals surface area contributed by atoms with Gasteiger partial charge >= 0.3 is 0 Å². The third-order valence-electron chi connectivity index (χ3n) is 5.34. The Hall–Kier alpha value is -0.610. The van der Waals surface area contributed by atoms with Gasteiger partial charge in [0.15, 0.2) is 0 Å². The van der Waals surface area contributed by atoms with Crippen molar-refractivity contribution in [3.63, 3.8) is 0 Å². The lowest BCUT2D eigenvalue weighted by Crippen LogP contribution is -2.53. The van der Waals surface area contributed by atoms with E-state index in [4.69, 9.17) is 10.5 Å². The highest BCUT2D eigenvalue weighted by Crippen LogP contribution is 2.32. The van der Waals surface area contributed by atoms with Crippen molar-refractivity contribution >= 4 is 5.91 Å². The van der Waals surface area contributed by atoms with Crippen LogP contribution in [0.25, 0.3) is 0 Å². The molecule has 0 aliphatic carbocycles. The van der Waals surface area contributed by atoms with Gasteiger partial charge in [-0.25, -0.2) is 0 Å². The van der Waals surface area contributed by atoms with Crippen LogP contribution in [0.2, 0.25) is 0 Å². The third-order valence-corrected chi connectivity index (χ3v) is 5.34. The minimum atomic E-state index is -0.403. The molecule has 1 fully saturated rings. The second-order valence-electron chi connectivity index (χ2n) is 6.09. The van der Waals surface area contributed by atoms with E-state index in [1.807, 2.05) is 13.8 Å². The van der Waals surface area contributed by atoms with Crippen molar-refractivity contribution in [3.8, 4) is 0 Å². The van der Waals surface area contributed by atoms with Crippen LogP contribution >= 0.6 is 0 Å². The molecule has 0 aromatic carbocycles. The van der Waals surface area contributed by atoms with Crippen LogP contribution in [-0.4, -0.2) is 30.7 Å². The molecule has 1 rings (SSSR count). The molecule has 0 saturated carbocycles. The van der Waals surface area contributed by atoms with Crippen LogP contribution in [0.3, 0.4) is 0 Å². The normalized spacial score (nSPS) is 22.6. The number of hydrogen-bond acceptors (Lipinski definition) is 3. The van der Waals surface area contributed by atoms with E-state index in [9.17, 15) is 4.79 Å². The maximum Gasteiger partial charge on any atom is 0.227 e. The Bertz CT molecular complexity index is 301. The molecule has 1 amide bonds. The average Bonchev–Trinajstić information content (AvgIpc) is 2.49. The molecule has 0 bridgehead atoms. The Labute approximate surface area is 123 Å². The Kier molecular flexibility index (Phi) is 6.46. The van der Waals surface area contributed by atoms with Gasteiger partial charge in [0.05, 0.1) is 11.0 Å². The fourth-order valence-corrected chi connectivity index (χ4v) is 3.18. The van der Waals surface area contributed by atoms with Gasteiger partial charge in [-0.2, -0.15) is 0 Å². The largest absolute Gasteiger partial charge is 0.375 e. The van der Waals surface area contributed by atoms with E-state index in [-0.39, 0.29) is 17.6 Å². The molecule has 0 radical (unpaired) electrons. The summed E-state index contributed by atoms with van der Waals surface area (Å²) in [6.45, 7) is 9.57. The van der Waals surface area contributed by atoms with Crippen LogP contribution < -0.4 is 11.1 Å². The molecule has 0 aromatic rings. The maximum atomic E-state index is 12.6. The van der Waals surface area contributed by atoms with Crippen molar-refractivity contribution in [2.45, 2.75) is 77.9 Å². The summed E-state index contributed by atoms with van der Waals surface area (Å²) >= 11 is 0. The summed E-state index contributed by atoms with van der Waals surface area (Å²) in [6, 6.07) is 0.222. The SMILES string of the molecule is CCC1(CC)CC(NC(=O)C(CC)(CC)CN)CCO1. The van der Waals surface area contributed by atoms with Gasteiger partial charge in [0.25, 0.3) is 0 Å². The molecule has 20 heavy (non-hydrogen) atoms. The van der Waals surface area contributed by atoms with Crippen molar-refractivity contribution < 1.29 is 9.53 Å². The molecule has 1 aliphatic rings. The topological polar surface area (TPSA) is 64.4 Å². The maximum absolute atomic E-state index is 12.6. The highest BCUT2D eigenvalue weighted by atomic mass is 16.5. The molecule has 4 heteroatoms. The van der Waals surface area contributed by atoms with E-state index >= 15 is 0 Å². The minimum Gasteiger partial charge on any atom is -0.375 e. The first-order valence-corrected chi connectivity index (χ1v) is 8.16. The van der Waals surface area contributed by atoms with Crippen LogP contribution in [0.15, 0.2) is 0 Å². The predicted molar refractivity (Wildman–Crippen MR) is 82.5 cm³/mol. The van der Waals surface area contributed by atoms with Gasteiger partial charge in [-0.05, 0) is 38.5 Å². The molecular weight excluding hydrogens is 252 g/mol. The van der Waals surface area contributed by atoms with Crippen LogP contribution in [0.5, 0.6) is 0 Å². The molecule has 4 nitrogen and oxygen atoms in total. The van der Waals surface area contributed by atoms with Gasteiger partial charge in [-0.15, -0.1) is 0 Å². The van der Waals surface area contributed by atoms with Crippen molar-refractivity contribution in [2.24, 2.45) is 11.1 Å². The Morgan fingerprint density at radius 3 is 2.35 bits per heavy atom. The highest BCUT2D eigenvalue weighted by molar-refractivity contribution is 5.83. The smallest absolute Gasteiger partial charge is 0.227 e. The quantitative estimate of drug-likeness (QED) is 0.755. The van der Waals surface area contributed by atoms with Gasteiger partial charge in [0.2, 0.25) is 5.91 Å². The van der Waals surface area contributed by atoms with E-state index in [1.165, 1.54) is 0 Å². The van der Waals surface area contributed by atoms with Crippen LogP contribution in [0, 0.1) is 5.41 Å². The molecule has 118 valence electrons. The van der Waals surface area contributed by atoms with E-state index in [0.717, 1.165) is 45.1 Å². The first kappa shape index (κ1) is 17.4. The standard InChI is InChI=1S/C16H32N2O2/c1-5-15(6-2,12-17)14(19)18-13-9-10-20-16(7-3,8-4)11-13/h13H,5-12,17H2,1-4H3,(H,18,19). The number of nitrogens with one attached hydrogen (secondary N) is 1. The Morgan fingerprint density at radius 1 is 1.30 bits per heavy atom. The molecule has 1 aliphatic heterocycles. The minimum absolute atomic E-state index is 0.0556. The summed E-state index contributed by atoms with van der Waals surface area (Å²) in [4.78, 5) is 12.6. The van der Waals surface area contributed by atoms with Crippen molar-refractivity contribution in [1.29, 1.82) is 0 Å². The van der Waals surface area contributed by atoms with Crippen LogP contribution in [-0.2, 0) is 9.53 Å². The summed E-state index contributed by atoms with van der Waals surface area (Å²) in [5.74, 6) is 0.123. The summed E-state index contributed by atoms with van der Waals surface area (Å²) in [5, 5.41) is 3.24. The predicted octanol–water partition coefficient (Wildman–Crippen LogP) is 2.61. The zero-order valence-electron chi connectivity index (χ0n) is 13.6. The van der Waals surface area contributed by atoms with Crippen molar-refractivity contribution in [2.75, 3.05) is 13.2 Å². The first-order valence-electron chi connectivity index (χ1n) is 8.16. The number of rotatable bonds is 7. The van der Waals surface area contributed by atoms with E-state index in [0.29, 0.717) is 6.54 Å². The van der Waals surface area contributed by atoms with Gasteiger partial charge in [0, 0.05) is 19.2 Å². The fraction of sp³-hybridized carbons (Fsp3) is 0.938. The van der Waals surface area contributed by atoms with Gasteiger partial charge in [-0.3, -0.25) is 4.79 Å². The lowest BCUT2D eigenvalue weighted by Gasteiger charge is -2.41. The monoisotopic (exact) mass is 284 g/mol. The number of ether oxygens (including phenoxy) is 1. The molecule has 1 atom stereocenters. The number of nitrogens with two attached hydrogens (primary N) is 1. The average molecular weight is 284 g/mol. The Morgan fingerprint density at radius 2 is 1.90 bits per heavy atom. The summed E-state index contributed by atoms with van der Waals surface area (Å²) in [6.07, 6.45) is 5.41. The summed E-state index contributed by atoms with van der Waals surface area (Å²) in [5.41, 5.74) is 5.40.